The quantitative estimate of drug-likeness (QED) is 0.804. The van der Waals surface area contributed by atoms with Crippen molar-refractivity contribution in [2.45, 2.75) is 63.9 Å². The summed E-state index contributed by atoms with van der Waals surface area (Å²) < 4.78 is 0. The zero-order chi connectivity index (χ0) is 14.4. The van der Waals surface area contributed by atoms with Gasteiger partial charge in [0.1, 0.15) is 0 Å². The number of benzene rings is 1. The average Bonchev–Trinajstić information content (AvgIpc) is 2.70. The van der Waals surface area contributed by atoms with Crippen molar-refractivity contribution < 1.29 is 5.11 Å². The molecule has 0 heterocycles. The molecule has 1 fully saturated rings. The number of aryl methyl sites for hydroxylation is 1. The van der Waals surface area contributed by atoms with E-state index in [-0.39, 0.29) is 12.0 Å². The lowest BCUT2D eigenvalue weighted by atomic mass is 9.85. The monoisotopic (exact) mass is 275 g/mol. The highest BCUT2D eigenvalue weighted by Gasteiger charge is 2.24. The van der Waals surface area contributed by atoms with Gasteiger partial charge >= 0.3 is 0 Å². The second kappa shape index (κ2) is 7.80. The zero-order valence-corrected chi connectivity index (χ0v) is 12.7. The fraction of sp³-hybridized carbons (Fsp3) is 0.667. The first kappa shape index (κ1) is 15.5. The van der Waals surface area contributed by atoms with Crippen LogP contribution in [0.15, 0.2) is 24.3 Å². The Bertz CT molecular complexity index is 379. The van der Waals surface area contributed by atoms with Gasteiger partial charge in [-0.3, -0.25) is 0 Å². The number of aliphatic hydroxyl groups is 1. The lowest BCUT2D eigenvalue weighted by Gasteiger charge is -2.26. The highest BCUT2D eigenvalue weighted by molar-refractivity contribution is 5.25. The van der Waals surface area contributed by atoms with Gasteiger partial charge in [0.15, 0.2) is 0 Å². The number of aliphatic hydroxyl groups excluding tert-OH is 1. The molecule has 0 aliphatic heterocycles. The normalized spacial score (nSPS) is 20.4. The Balaban J connectivity index is 1.97. The second-order valence-electron chi connectivity index (χ2n) is 6.41. The zero-order valence-electron chi connectivity index (χ0n) is 12.7. The summed E-state index contributed by atoms with van der Waals surface area (Å²) in [5.74, 6) is 0.769. The molecule has 2 rings (SSSR count). The van der Waals surface area contributed by atoms with Crippen LogP contribution in [0, 0.1) is 12.8 Å². The van der Waals surface area contributed by atoms with Gasteiger partial charge in [-0.2, -0.15) is 0 Å². The van der Waals surface area contributed by atoms with Gasteiger partial charge in [-0.05, 0) is 24.8 Å². The molecule has 1 aromatic rings. The predicted octanol–water partition coefficient (Wildman–Crippen LogP) is 3.76. The summed E-state index contributed by atoms with van der Waals surface area (Å²) in [7, 11) is 0. The lowest BCUT2D eigenvalue weighted by molar-refractivity contribution is 0.112. The average molecular weight is 275 g/mol. The molecule has 0 amide bonds. The molecule has 2 atom stereocenters. The first-order valence-corrected chi connectivity index (χ1v) is 8.15. The maximum absolute atomic E-state index is 10.6. The van der Waals surface area contributed by atoms with Crippen LogP contribution in [-0.4, -0.2) is 17.8 Å². The summed E-state index contributed by atoms with van der Waals surface area (Å²) >= 11 is 0. The molecule has 112 valence electrons. The van der Waals surface area contributed by atoms with Crippen LogP contribution in [-0.2, 0) is 0 Å². The number of hydrogen-bond donors (Lipinski definition) is 2. The first-order chi connectivity index (χ1) is 9.70. The fourth-order valence-corrected chi connectivity index (χ4v) is 3.43. The Kier molecular flexibility index (Phi) is 6.06. The van der Waals surface area contributed by atoms with Crippen molar-refractivity contribution in [1.29, 1.82) is 0 Å². The van der Waals surface area contributed by atoms with Crippen LogP contribution in [0.4, 0.5) is 0 Å². The second-order valence-corrected chi connectivity index (χ2v) is 6.41. The van der Waals surface area contributed by atoms with Crippen molar-refractivity contribution in [2.75, 3.05) is 6.54 Å². The van der Waals surface area contributed by atoms with Crippen LogP contribution in [0.5, 0.6) is 0 Å². The van der Waals surface area contributed by atoms with Crippen molar-refractivity contribution in [2.24, 2.45) is 11.7 Å². The third-order valence-electron chi connectivity index (χ3n) is 4.77. The van der Waals surface area contributed by atoms with Crippen LogP contribution < -0.4 is 5.73 Å². The third kappa shape index (κ3) is 4.32. The number of nitrogens with two attached hydrogens (primary N) is 1. The van der Waals surface area contributed by atoms with Gasteiger partial charge in [0.25, 0.3) is 0 Å². The third-order valence-corrected chi connectivity index (χ3v) is 4.77. The minimum Gasteiger partial charge on any atom is -0.392 e. The molecule has 20 heavy (non-hydrogen) atoms. The van der Waals surface area contributed by atoms with E-state index >= 15 is 0 Å². The van der Waals surface area contributed by atoms with Crippen molar-refractivity contribution in [1.82, 2.24) is 0 Å². The summed E-state index contributed by atoms with van der Waals surface area (Å²) in [5, 5.41) is 10.6. The molecule has 2 unspecified atom stereocenters. The van der Waals surface area contributed by atoms with E-state index in [1.54, 1.807) is 0 Å². The standard InChI is InChI=1S/C18H29NO/c1-14-8-10-16(11-9-14)17(13-19)18(20)12-15-6-4-2-3-5-7-15/h8-11,15,17-18,20H,2-7,12-13,19H2,1H3. The Hall–Kier alpha value is -0.860. The molecule has 0 radical (unpaired) electrons. The van der Waals surface area contributed by atoms with Gasteiger partial charge in [0, 0.05) is 12.5 Å². The van der Waals surface area contributed by atoms with Crippen LogP contribution >= 0.6 is 0 Å². The van der Waals surface area contributed by atoms with Crippen molar-refractivity contribution in [3.63, 3.8) is 0 Å². The van der Waals surface area contributed by atoms with Crippen LogP contribution in [0.1, 0.15) is 62.0 Å². The molecule has 0 saturated heterocycles. The maximum Gasteiger partial charge on any atom is 0.0623 e. The summed E-state index contributed by atoms with van der Waals surface area (Å²) in [6.45, 7) is 2.61. The van der Waals surface area contributed by atoms with Gasteiger partial charge in [0.05, 0.1) is 6.10 Å². The van der Waals surface area contributed by atoms with Crippen molar-refractivity contribution in [3.05, 3.63) is 35.4 Å². The van der Waals surface area contributed by atoms with E-state index < -0.39 is 0 Å². The van der Waals surface area contributed by atoms with Crippen LogP contribution in [0.25, 0.3) is 0 Å². The Labute approximate surface area is 123 Å². The molecule has 1 aliphatic carbocycles. The molecular weight excluding hydrogens is 246 g/mol. The summed E-state index contributed by atoms with van der Waals surface area (Å²) in [6, 6.07) is 8.44. The minimum atomic E-state index is -0.300. The van der Waals surface area contributed by atoms with Crippen molar-refractivity contribution in [3.8, 4) is 0 Å². The minimum absolute atomic E-state index is 0.0823. The molecule has 0 aromatic heterocycles. The van der Waals surface area contributed by atoms with E-state index in [4.69, 9.17) is 5.73 Å². The highest BCUT2D eigenvalue weighted by Crippen LogP contribution is 2.30. The van der Waals surface area contributed by atoms with Crippen molar-refractivity contribution >= 4 is 0 Å². The fourth-order valence-electron chi connectivity index (χ4n) is 3.43. The smallest absolute Gasteiger partial charge is 0.0623 e. The van der Waals surface area contributed by atoms with E-state index in [1.807, 2.05) is 0 Å². The summed E-state index contributed by atoms with van der Waals surface area (Å²) in [6.07, 6.45) is 8.56. The molecule has 1 aromatic carbocycles. The molecule has 2 nitrogen and oxygen atoms in total. The topological polar surface area (TPSA) is 46.2 Å². The lowest BCUT2D eigenvalue weighted by Crippen LogP contribution is -2.28. The van der Waals surface area contributed by atoms with Gasteiger partial charge < -0.3 is 10.8 Å². The largest absolute Gasteiger partial charge is 0.392 e. The van der Waals surface area contributed by atoms with E-state index in [2.05, 4.69) is 31.2 Å². The van der Waals surface area contributed by atoms with Gasteiger partial charge in [-0.15, -0.1) is 0 Å². The van der Waals surface area contributed by atoms with Gasteiger partial charge in [-0.25, -0.2) is 0 Å². The Morgan fingerprint density at radius 1 is 1.10 bits per heavy atom. The SMILES string of the molecule is Cc1ccc(C(CN)C(O)CC2CCCCCC2)cc1. The Morgan fingerprint density at radius 3 is 2.25 bits per heavy atom. The molecule has 0 spiro atoms. The molecule has 2 heteroatoms. The predicted molar refractivity (Wildman–Crippen MR) is 84.8 cm³/mol. The van der Waals surface area contributed by atoms with E-state index in [0.29, 0.717) is 12.5 Å². The summed E-state index contributed by atoms with van der Waals surface area (Å²) in [4.78, 5) is 0. The highest BCUT2D eigenvalue weighted by atomic mass is 16.3. The molecule has 0 bridgehead atoms. The maximum atomic E-state index is 10.6. The first-order valence-electron chi connectivity index (χ1n) is 8.15. The van der Waals surface area contributed by atoms with E-state index in [0.717, 1.165) is 6.42 Å². The molecule has 3 N–H and O–H groups in total. The van der Waals surface area contributed by atoms with E-state index in [1.165, 1.54) is 49.7 Å². The number of hydrogen-bond acceptors (Lipinski definition) is 2. The van der Waals surface area contributed by atoms with E-state index in [9.17, 15) is 5.11 Å². The Morgan fingerprint density at radius 2 is 1.70 bits per heavy atom. The van der Waals surface area contributed by atoms with Gasteiger partial charge in [0.2, 0.25) is 0 Å². The molecular formula is C18H29NO. The van der Waals surface area contributed by atoms with Gasteiger partial charge in [-0.1, -0.05) is 68.4 Å². The molecule has 1 aliphatic rings. The summed E-state index contributed by atoms with van der Waals surface area (Å²) in [5.41, 5.74) is 8.35. The van der Waals surface area contributed by atoms with Crippen LogP contribution in [0.2, 0.25) is 0 Å². The number of rotatable bonds is 5. The molecule has 1 saturated carbocycles. The van der Waals surface area contributed by atoms with Crippen LogP contribution in [0.3, 0.4) is 0 Å².